The summed E-state index contributed by atoms with van der Waals surface area (Å²) < 4.78 is 0. The normalized spacial score (nSPS) is 10.2. The molecule has 4 heteroatoms. The summed E-state index contributed by atoms with van der Waals surface area (Å²) in [7, 11) is 0. The van der Waals surface area contributed by atoms with Crippen LogP contribution in [0.1, 0.15) is 17.5 Å². The van der Waals surface area contributed by atoms with Crippen molar-refractivity contribution in [3.63, 3.8) is 0 Å². The van der Waals surface area contributed by atoms with Gasteiger partial charge in [0.1, 0.15) is 5.75 Å². The van der Waals surface area contributed by atoms with E-state index in [9.17, 15) is 9.90 Å². The second-order valence-corrected chi connectivity index (χ2v) is 4.68. The number of aromatic hydroxyl groups is 1. The van der Waals surface area contributed by atoms with E-state index in [0.717, 1.165) is 11.1 Å². The molecule has 0 aliphatic carbocycles. The number of aryl methyl sites for hydroxylation is 1. The number of nitrogens with one attached hydrogen (secondary N) is 1. The number of hydrogen-bond donors (Lipinski definition) is 3. The molecule has 20 heavy (non-hydrogen) atoms. The van der Waals surface area contributed by atoms with Crippen LogP contribution >= 0.6 is 0 Å². The molecular formula is C16H18N2O2. The van der Waals surface area contributed by atoms with Gasteiger partial charge in [0.2, 0.25) is 5.91 Å². The lowest BCUT2D eigenvalue weighted by Crippen LogP contribution is -2.22. The summed E-state index contributed by atoms with van der Waals surface area (Å²) in [5.74, 6) is 0.247. The van der Waals surface area contributed by atoms with Crippen molar-refractivity contribution in [2.24, 2.45) is 0 Å². The number of phenolic OH excluding ortho intramolecular Hbond substituents is 1. The van der Waals surface area contributed by atoms with Crippen molar-refractivity contribution in [3.05, 3.63) is 59.7 Å². The van der Waals surface area contributed by atoms with Gasteiger partial charge in [0.05, 0.1) is 0 Å². The van der Waals surface area contributed by atoms with E-state index in [1.807, 2.05) is 36.4 Å². The van der Waals surface area contributed by atoms with E-state index in [1.165, 1.54) is 0 Å². The van der Waals surface area contributed by atoms with Crippen LogP contribution in [0.5, 0.6) is 5.75 Å². The second-order valence-electron chi connectivity index (χ2n) is 4.68. The van der Waals surface area contributed by atoms with Crippen LogP contribution in [-0.2, 0) is 17.8 Å². The van der Waals surface area contributed by atoms with Crippen LogP contribution in [0, 0.1) is 0 Å². The molecule has 0 saturated heterocycles. The van der Waals surface area contributed by atoms with Crippen molar-refractivity contribution < 1.29 is 9.90 Å². The molecule has 4 nitrogen and oxygen atoms in total. The van der Waals surface area contributed by atoms with E-state index < -0.39 is 0 Å². The fourth-order valence-electron chi connectivity index (χ4n) is 1.85. The van der Waals surface area contributed by atoms with Crippen molar-refractivity contribution >= 4 is 11.6 Å². The minimum atomic E-state index is 0.00917. The Hall–Kier alpha value is -2.49. The molecule has 0 spiro atoms. The maximum Gasteiger partial charge on any atom is 0.220 e. The number of nitrogen functional groups attached to an aromatic ring is 1. The molecule has 0 bridgehead atoms. The van der Waals surface area contributed by atoms with Crippen LogP contribution in [0.15, 0.2) is 48.5 Å². The molecule has 4 N–H and O–H groups in total. The number of hydrogen-bond acceptors (Lipinski definition) is 3. The maximum absolute atomic E-state index is 11.7. The molecule has 0 atom stereocenters. The van der Waals surface area contributed by atoms with E-state index >= 15 is 0 Å². The first kappa shape index (κ1) is 13.9. The third kappa shape index (κ3) is 4.31. The van der Waals surface area contributed by atoms with Gasteiger partial charge >= 0.3 is 0 Å². The number of carbonyl (C=O) groups excluding carboxylic acids is 1. The van der Waals surface area contributed by atoms with Gasteiger partial charge in [-0.05, 0) is 41.8 Å². The summed E-state index contributed by atoms with van der Waals surface area (Å²) in [6.07, 6.45) is 1.09. The zero-order valence-corrected chi connectivity index (χ0v) is 11.2. The lowest BCUT2D eigenvalue weighted by atomic mass is 10.1. The van der Waals surface area contributed by atoms with Crippen LogP contribution in [0.4, 0.5) is 5.69 Å². The van der Waals surface area contributed by atoms with Gasteiger partial charge in [-0.25, -0.2) is 0 Å². The number of rotatable bonds is 5. The highest BCUT2D eigenvalue weighted by Gasteiger charge is 2.02. The van der Waals surface area contributed by atoms with Gasteiger partial charge in [-0.15, -0.1) is 0 Å². The summed E-state index contributed by atoms with van der Waals surface area (Å²) in [6, 6.07) is 14.3. The molecule has 0 saturated carbocycles. The van der Waals surface area contributed by atoms with Crippen molar-refractivity contribution in [1.29, 1.82) is 0 Å². The first-order valence-corrected chi connectivity index (χ1v) is 6.52. The first-order chi connectivity index (χ1) is 9.63. The topological polar surface area (TPSA) is 75.3 Å². The molecule has 0 aliphatic rings. The summed E-state index contributed by atoms with van der Waals surface area (Å²) in [5.41, 5.74) is 8.37. The lowest BCUT2D eigenvalue weighted by molar-refractivity contribution is -0.121. The highest BCUT2D eigenvalue weighted by Crippen LogP contribution is 2.11. The fraction of sp³-hybridized carbons (Fsp3) is 0.188. The second kappa shape index (κ2) is 6.61. The van der Waals surface area contributed by atoms with Gasteiger partial charge in [0.25, 0.3) is 0 Å². The van der Waals surface area contributed by atoms with E-state index in [0.29, 0.717) is 25.1 Å². The third-order valence-electron chi connectivity index (χ3n) is 3.05. The molecule has 0 fully saturated rings. The van der Waals surface area contributed by atoms with Gasteiger partial charge < -0.3 is 16.2 Å². The molecule has 0 unspecified atom stereocenters. The highest BCUT2D eigenvalue weighted by atomic mass is 16.3. The lowest BCUT2D eigenvalue weighted by Gasteiger charge is -2.06. The molecule has 0 heterocycles. The molecule has 0 aliphatic heterocycles. The monoisotopic (exact) mass is 270 g/mol. The quantitative estimate of drug-likeness (QED) is 0.729. The van der Waals surface area contributed by atoms with Gasteiger partial charge in [-0.3, -0.25) is 4.79 Å². The molecule has 1 amide bonds. The molecule has 0 radical (unpaired) electrons. The van der Waals surface area contributed by atoms with Crippen LogP contribution in [0.3, 0.4) is 0 Å². The Bertz CT molecular complexity index is 511. The number of benzene rings is 2. The average molecular weight is 270 g/mol. The summed E-state index contributed by atoms with van der Waals surface area (Å²) in [5, 5.41) is 12.0. The van der Waals surface area contributed by atoms with E-state index in [-0.39, 0.29) is 11.7 Å². The van der Waals surface area contributed by atoms with Crippen LogP contribution in [0.25, 0.3) is 0 Å². The van der Waals surface area contributed by atoms with Gasteiger partial charge in [0, 0.05) is 18.7 Å². The molecule has 0 aromatic heterocycles. The van der Waals surface area contributed by atoms with Crippen LogP contribution < -0.4 is 11.1 Å². The van der Waals surface area contributed by atoms with Gasteiger partial charge in [-0.1, -0.05) is 24.3 Å². The largest absolute Gasteiger partial charge is 0.508 e. The molecule has 2 aromatic carbocycles. The van der Waals surface area contributed by atoms with Crippen molar-refractivity contribution in [3.8, 4) is 5.75 Å². The zero-order valence-electron chi connectivity index (χ0n) is 11.2. The Morgan fingerprint density at radius 1 is 1.00 bits per heavy atom. The Labute approximate surface area is 118 Å². The molecule has 2 rings (SSSR count). The Morgan fingerprint density at radius 3 is 2.25 bits per heavy atom. The van der Waals surface area contributed by atoms with Crippen molar-refractivity contribution in [2.45, 2.75) is 19.4 Å². The predicted molar refractivity (Wildman–Crippen MR) is 79.1 cm³/mol. The van der Waals surface area contributed by atoms with Crippen molar-refractivity contribution in [1.82, 2.24) is 5.32 Å². The smallest absolute Gasteiger partial charge is 0.220 e. The van der Waals surface area contributed by atoms with Crippen LogP contribution in [0.2, 0.25) is 0 Å². The van der Waals surface area contributed by atoms with E-state index in [2.05, 4.69) is 5.32 Å². The maximum atomic E-state index is 11.7. The predicted octanol–water partition coefficient (Wildman–Crippen LogP) is 2.22. The highest BCUT2D eigenvalue weighted by molar-refractivity contribution is 5.76. The standard InChI is InChI=1S/C16H18N2O2/c17-14-6-1-13(2-7-14)11-18-16(20)10-5-12-3-8-15(19)9-4-12/h1-4,6-9,19H,5,10-11,17H2,(H,18,20). The Kier molecular flexibility index (Phi) is 4.60. The third-order valence-corrected chi connectivity index (χ3v) is 3.05. The number of anilines is 1. The van der Waals surface area contributed by atoms with Gasteiger partial charge in [-0.2, -0.15) is 0 Å². The van der Waals surface area contributed by atoms with E-state index in [4.69, 9.17) is 5.73 Å². The number of phenols is 1. The minimum Gasteiger partial charge on any atom is -0.508 e. The van der Waals surface area contributed by atoms with Crippen LogP contribution in [-0.4, -0.2) is 11.0 Å². The molecule has 2 aromatic rings. The van der Waals surface area contributed by atoms with Crippen molar-refractivity contribution in [2.75, 3.05) is 5.73 Å². The van der Waals surface area contributed by atoms with Gasteiger partial charge in [0.15, 0.2) is 0 Å². The minimum absolute atomic E-state index is 0.00917. The Balaban J connectivity index is 1.75. The summed E-state index contributed by atoms with van der Waals surface area (Å²) in [4.78, 5) is 11.7. The molecule has 104 valence electrons. The zero-order chi connectivity index (χ0) is 14.4. The number of carbonyl (C=O) groups is 1. The SMILES string of the molecule is Nc1ccc(CNC(=O)CCc2ccc(O)cc2)cc1. The van der Waals surface area contributed by atoms with E-state index in [1.54, 1.807) is 12.1 Å². The molecular weight excluding hydrogens is 252 g/mol. The number of nitrogens with two attached hydrogens (primary N) is 1. The first-order valence-electron chi connectivity index (χ1n) is 6.52. The summed E-state index contributed by atoms with van der Waals surface area (Å²) in [6.45, 7) is 0.509. The number of amides is 1. The Morgan fingerprint density at radius 2 is 1.60 bits per heavy atom. The average Bonchev–Trinajstić information content (AvgIpc) is 2.46. The summed E-state index contributed by atoms with van der Waals surface area (Å²) >= 11 is 0. The fourth-order valence-corrected chi connectivity index (χ4v) is 1.85.